The summed E-state index contributed by atoms with van der Waals surface area (Å²) in [5.74, 6) is -0.547. The van der Waals surface area contributed by atoms with Crippen LogP contribution in [0.4, 0.5) is 13.2 Å². The number of likely N-dealkylation sites (N-methyl/N-ethyl adjacent to an activating group) is 1. The van der Waals surface area contributed by atoms with E-state index in [0.29, 0.717) is 17.6 Å². The van der Waals surface area contributed by atoms with Crippen LogP contribution in [0.2, 0.25) is 0 Å². The maximum absolute atomic E-state index is 13.0. The number of hydrogen-bond donors (Lipinski definition) is 2. The molecule has 0 bridgehead atoms. The number of nitrogens with one attached hydrogen (secondary N) is 1. The standard InChI is InChI=1S/C33H58F3N2O6P/c1-5-6-7-8-9-10-11-12-13-14-15-16-17-18-23-42-28-31(44-45(40,41)43-24-22-38(2,3)4)26-37-27-32(39)29-20-19-21-30(25-29)33(34,35)36/h19-21,25,31,37H,5-18,22-24,26-28H2,1-4H3/p+1. The van der Waals surface area contributed by atoms with Crippen LogP contribution in [0.1, 0.15) is 113 Å². The molecule has 0 heterocycles. The Labute approximate surface area is 269 Å². The van der Waals surface area contributed by atoms with Crippen LogP contribution in [0.3, 0.4) is 0 Å². The van der Waals surface area contributed by atoms with E-state index >= 15 is 0 Å². The Bertz CT molecular complexity index is 974. The van der Waals surface area contributed by atoms with Crippen molar-refractivity contribution in [1.82, 2.24) is 5.32 Å². The SMILES string of the molecule is CCCCCCCCCCCCCCCCOCC(CNCC(=O)c1cccc(C(F)(F)F)c1)OP(=O)(O)OCC[N+](C)(C)C. The first-order valence-electron chi connectivity index (χ1n) is 16.7. The van der Waals surface area contributed by atoms with Gasteiger partial charge in [-0.3, -0.25) is 13.8 Å². The van der Waals surface area contributed by atoms with Gasteiger partial charge in [0.05, 0.1) is 39.9 Å². The van der Waals surface area contributed by atoms with Crippen LogP contribution < -0.4 is 5.32 Å². The summed E-state index contributed by atoms with van der Waals surface area (Å²) in [5, 5.41) is 2.82. The number of carbonyl (C=O) groups excluding carboxylic acids is 1. The first kappa shape index (κ1) is 41.7. The fraction of sp³-hybridized carbons (Fsp3) is 0.788. The fourth-order valence-electron chi connectivity index (χ4n) is 4.71. The number of quaternary nitrogens is 1. The van der Waals surface area contributed by atoms with Gasteiger partial charge >= 0.3 is 14.0 Å². The fourth-order valence-corrected chi connectivity index (χ4v) is 5.59. The van der Waals surface area contributed by atoms with E-state index in [-0.39, 0.29) is 31.9 Å². The lowest BCUT2D eigenvalue weighted by Gasteiger charge is -2.25. The van der Waals surface area contributed by atoms with Gasteiger partial charge in [-0.25, -0.2) is 4.57 Å². The van der Waals surface area contributed by atoms with Crippen molar-refractivity contribution in [2.24, 2.45) is 0 Å². The number of phosphoric acid groups is 1. The van der Waals surface area contributed by atoms with Crippen molar-refractivity contribution in [3.8, 4) is 0 Å². The van der Waals surface area contributed by atoms with Gasteiger partial charge in [-0.2, -0.15) is 13.2 Å². The Balaban J connectivity index is 2.41. The molecule has 1 rings (SSSR count). The van der Waals surface area contributed by atoms with Gasteiger partial charge < -0.3 is 19.4 Å². The number of rotatable bonds is 28. The van der Waals surface area contributed by atoms with E-state index in [1.165, 1.54) is 82.8 Å². The number of unbranched alkanes of at least 4 members (excludes halogenated alkanes) is 13. The summed E-state index contributed by atoms with van der Waals surface area (Å²) in [7, 11) is 1.35. The van der Waals surface area contributed by atoms with Gasteiger partial charge in [-0.05, 0) is 18.6 Å². The number of ketones is 1. The minimum absolute atomic E-state index is 0.00532. The van der Waals surface area contributed by atoms with Crippen molar-refractivity contribution in [2.75, 3.05) is 60.6 Å². The van der Waals surface area contributed by atoms with Gasteiger partial charge in [0.25, 0.3) is 0 Å². The van der Waals surface area contributed by atoms with Crippen LogP contribution in [-0.2, 0) is 24.5 Å². The number of halogens is 3. The summed E-state index contributed by atoms with van der Waals surface area (Å²) < 4.78 is 68.4. The number of alkyl halides is 3. The minimum Gasteiger partial charge on any atom is -0.379 e. The second-order valence-corrected chi connectivity index (χ2v) is 14.3. The predicted molar refractivity (Wildman–Crippen MR) is 173 cm³/mol. The topological polar surface area (TPSA) is 94.1 Å². The summed E-state index contributed by atoms with van der Waals surface area (Å²) in [5.41, 5.74) is -0.987. The Kier molecular flexibility index (Phi) is 21.4. The third-order valence-corrected chi connectivity index (χ3v) is 8.49. The van der Waals surface area contributed by atoms with Crippen molar-refractivity contribution in [1.29, 1.82) is 0 Å². The Morgan fingerprint density at radius 1 is 0.911 bits per heavy atom. The highest BCUT2D eigenvalue weighted by molar-refractivity contribution is 7.47. The summed E-state index contributed by atoms with van der Waals surface area (Å²) in [6.45, 7) is 2.87. The van der Waals surface area contributed by atoms with E-state index in [9.17, 15) is 27.4 Å². The molecule has 0 aliphatic rings. The van der Waals surface area contributed by atoms with Crippen molar-refractivity contribution in [3.05, 3.63) is 35.4 Å². The molecule has 2 unspecified atom stereocenters. The first-order chi connectivity index (χ1) is 21.2. The van der Waals surface area contributed by atoms with Crippen LogP contribution in [0.5, 0.6) is 0 Å². The molecule has 0 saturated carbocycles. The van der Waals surface area contributed by atoms with Gasteiger partial charge in [0.2, 0.25) is 0 Å². The molecule has 1 aromatic rings. The lowest BCUT2D eigenvalue weighted by Crippen LogP contribution is -2.38. The van der Waals surface area contributed by atoms with E-state index in [2.05, 4.69) is 12.2 Å². The Morgan fingerprint density at radius 3 is 2.00 bits per heavy atom. The largest absolute Gasteiger partial charge is 0.472 e. The number of ether oxygens (including phenoxy) is 1. The molecular weight excluding hydrogens is 608 g/mol. The van der Waals surface area contributed by atoms with E-state index < -0.39 is 31.4 Å². The number of phosphoric ester groups is 1. The molecule has 45 heavy (non-hydrogen) atoms. The number of hydrogen-bond acceptors (Lipinski definition) is 6. The number of nitrogens with zero attached hydrogens (tertiary/aromatic N) is 1. The average molecular weight is 668 g/mol. The molecule has 0 saturated heterocycles. The molecule has 0 aliphatic heterocycles. The lowest BCUT2D eigenvalue weighted by atomic mass is 10.0. The Hall–Kier alpha value is -1.33. The summed E-state index contributed by atoms with van der Waals surface area (Å²) in [6, 6.07) is 4.21. The van der Waals surface area contributed by atoms with E-state index in [0.717, 1.165) is 31.4 Å². The van der Waals surface area contributed by atoms with E-state index in [1.54, 1.807) is 0 Å². The molecule has 0 radical (unpaired) electrons. The number of Topliss-reactive ketones (excluding diaryl/α,β-unsaturated/α-hetero) is 1. The van der Waals surface area contributed by atoms with Crippen molar-refractivity contribution < 1.29 is 45.7 Å². The maximum Gasteiger partial charge on any atom is 0.472 e. The second-order valence-electron chi connectivity index (χ2n) is 12.8. The highest BCUT2D eigenvalue weighted by Crippen LogP contribution is 2.44. The summed E-state index contributed by atoms with van der Waals surface area (Å²) >= 11 is 0. The zero-order chi connectivity index (χ0) is 33.6. The Morgan fingerprint density at radius 2 is 1.47 bits per heavy atom. The van der Waals surface area contributed by atoms with Crippen LogP contribution in [0, 0.1) is 0 Å². The van der Waals surface area contributed by atoms with E-state index in [1.807, 2.05) is 21.1 Å². The van der Waals surface area contributed by atoms with Gasteiger partial charge in [0, 0.05) is 18.7 Å². The normalized spacial score (nSPS) is 14.4. The third-order valence-electron chi connectivity index (χ3n) is 7.41. The molecule has 2 N–H and O–H groups in total. The van der Waals surface area contributed by atoms with Crippen molar-refractivity contribution in [3.63, 3.8) is 0 Å². The first-order valence-corrected chi connectivity index (χ1v) is 18.2. The van der Waals surface area contributed by atoms with Crippen molar-refractivity contribution >= 4 is 13.6 Å². The molecule has 0 aromatic heterocycles. The van der Waals surface area contributed by atoms with Crippen LogP contribution in [0.25, 0.3) is 0 Å². The molecule has 1 aromatic carbocycles. The molecule has 0 spiro atoms. The van der Waals surface area contributed by atoms with Gasteiger partial charge in [-0.15, -0.1) is 0 Å². The minimum atomic E-state index is -4.55. The molecule has 0 fully saturated rings. The monoisotopic (exact) mass is 667 g/mol. The highest BCUT2D eigenvalue weighted by Gasteiger charge is 2.31. The molecule has 0 amide bonds. The molecular formula is C33H59F3N2O6P+. The zero-order valence-electron chi connectivity index (χ0n) is 28.0. The molecule has 262 valence electrons. The predicted octanol–water partition coefficient (Wildman–Crippen LogP) is 8.18. The number of benzene rings is 1. The van der Waals surface area contributed by atoms with Crippen LogP contribution in [0.15, 0.2) is 24.3 Å². The quantitative estimate of drug-likeness (QED) is 0.0403. The maximum atomic E-state index is 13.0. The average Bonchev–Trinajstić information content (AvgIpc) is 2.95. The summed E-state index contributed by atoms with van der Waals surface area (Å²) in [4.78, 5) is 22.8. The smallest absolute Gasteiger partial charge is 0.379 e. The lowest BCUT2D eigenvalue weighted by molar-refractivity contribution is -0.870. The molecule has 8 nitrogen and oxygen atoms in total. The number of carbonyl (C=O) groups is 1. The molecule has 2 atom stereocenters. The second kappa shape index (κ2) is 23.1. The van der Waals surface area contributed by atoms with Gasteiger partial charge in [0.15, 0.2) is 5.78 Å². The van der Waals surface area contributed by atoms with Crippen LogP contribution in [-0.4, -0.2) is 81.9 Å². The molecule has 12 heteroatoms. The highest BCUT2D eigenvalue weighted by atomic mass is 31.2. The van der Waals surface area contributed by atoms with E-state index in [4.69, 9.17) is 13.8 Å². The molecule has 0 aliphatic carbocycles. The van der Waals surface area contributed by atoms with Crippen LogP contribution >= 0.6 is 7.82 Å². The summed E-state index contributed by atoms with van der Waals surface area (Å²) in [6.07, 6.45) is 12.0. The van der Waals surface area contributed by atoms with Gasteiger partial charge in [0.1, 0.15) is 19.3 Å². The third kappa shape index (κ3) is 22.8. The van der Waals surface area contributed by atoms with Gasteiger partial charge in [-0.1, -0.05) is 103 Å². The van der Waals surface area contributed by atoms with Crippen molar-refractivity contribution in [2.45, 2.75) is 109 Å². The zero-order valence-corrected chi connectivity index (χ0v) is 28.9.